The lowest BCUT2D eigenvalue weighted by Gasteiger charge is -2.38. The third-order valence-corrected chi connectivity index (χ3v) is 4.06. The molecule has 0 saturated carbocycles. The Morgan fingerprint density at radius 3 is 2.33 bits per heavy atom. The monoisotopic (exact) mass is 291 g/mol. The number of nitrogens with zero attached hydrogens (tertiary/aromatic N) is 2. The number of hydrogen-bond acceptors (Lipinski definition) is 4. The van der Waals surface area contributed by atoms with E-state index < -0.39 is 17.9 Å². The minimum Gasteiger partial charge on any atom is -0.480 e. The van der Waals surface area contributed by atoms with Gasteiger partial charge in [-0.3, -0.25) is 14.5 Å². The standard InChI is InChI=1S/C15H21N3O3/c1-10-9-12(3-4-13(10)14(16)19)18-7-5-17(6-8-18)11(2)15(20)21/h3-4,9,11H,5-8H2,1-2H3,(H2,16,19)(H,20,21). The van der Waals surface area contributed by atoms with Crippen molar-refractivity contribution < 1.29 is 14.7 Å². The first kappa shape index (κ1) is 15.3. The summed E-state index contributed by atoms with van der Waals surface area (Å²) in [5, 5.41) is 9.04. The number of rotatable bonds is 4. The van der Waals surface area contributed by atoms with Gasteiger partial charge in [0.05, 0.1) is 0 Å². The van der Waals surface area contributed by atoms with Gasteiger partial charge in [0, 0.05) is 37.4 Å². The Morgan fingerprint density at radius 2 is 1.86 bits per heavy atom. The summed E-state index contributed by atoms with van der Waals surface area (Å²) >= 11 is 0. The van der Waals surface area contributed by atoms with Crippen molar-refractivity contribution in [1.29, 1.82) is 0 Å². The molecule has 1 saturated heterocycles. The van der Waals surface area contributed by atoms with Crippen LogP contribution in [0.2, 0.25) is 0 Å². The van der Waals surface area contributed by atoms with Gasteiger partial charge in [-0.25, -0.2) is 0 Å². The number of carbonyl (C=O) groups is 2. The van der Waals surface area contributed by atoms with E-state index in [1.54, 1.807) is 13.0 Å². The maximum Gasteiger partial charge on any atom is 0.320 e. The van der Waals surface area contributed by atoms with Gasteiger partial charge in [0.2, 0.25) is 5.91 Å². The minimum absolute atomic E-state index is 0.417. The number of benzene rings is 1. The van der Waals surface area contributed by atoms with E-state index in [-0.39, 0.29) is 0 Å². The Morgan fingerprint density at radius 1 is 1.24 bits per heavy atom. The van der Waals surface area contributed by atoms with Crippen molar-refractivity contribution in [3.63, 3.8) is 0 Å². The molecule has 0 aliphatic carbocycles. The highest BCUT2D eigenvalue weighted by molar-refractivity contribution is 5.94. The Bertz CT molecular complexity index is 551. The van der Waals surface area contributed by atoms with E-state index in [0.29, 0.717) is 18.7 Å². The molecule has 1 atom stereocenters. The molecule has 2 rings (SSSR count). The van der Waals surface area contributed by atoms with E-state index in [9.17, 15) is 9.59 Å². The zero-order valence-corrected chi connectivity index (χ0v) is 12.4. The summed E-state index contributed by atoms with van der Waals surface area (Å²) in [5.74, 6) is -1.20. The highest BCUT2D eigenvalue weighted by Crippen LogP contribution is 2.21. The van der Waals surface area contributed by atoms with Crippen LogP contribution in [0.4, 0.5) is 5.69 Å². The Hall–Kier alpha value is -2.08. The molecule has 3 N–H and O–H groups in total. The van der Waals surface area contributed by atoms with E-state index in [2.05, 4.69) is 4.90 Å². The van der Waals surface area contributed by atoms with E-state index >= 15 is 0 Å². The first-order valence-corrected chi connectivity index (χ1v) is 7.02. The summed E-state index contributed by atoms with van der Waals surface area (Å²) < 4.78 is 0. The average molecular weight is 291 g/mol. The van der Waals surface area contributed by atoms with Crippen LogP contribution in [-0.2, 0) is 4.79 Å². The molecule has 1 amide bonds. The van der Waals surface area contributed by atoms with Crippen molar-refractivity contribution in [2.45, 2.75) is 19.9 Å². The predicted octanol–water partition coefficient (Wildman–Crippen LogP) is 0.689. The number of aliphatic carboxylic acids is 1. The van der Waals surface area contributed by atoms with Crippen LogP contribution < -0.4 is 10.6 Å². The van der Waals surface area contributed by atoms with Gasteiger partial charge < -0.3 is 15.7 Å². The fourth-order valence-electron chi connectivity index (χ4n) is 2.64. The second-order valence-corrected chi connectivity index (χ2v) is 5.40. The fourth-order valence-corrected chi connectivity index (χ4v) is 2.64. The van der Waals surface area contributed by atoms with Gasteiger partial charge in [-0.1, -0.05) is 0 Å². The number of amides is 1. The number of primary amides is 1. The second kappa shape index (κ2) is 6.13. The van der Waals surface area contributed by atoms with Gasteiger partial charge in [-0.05, 0) is 37.6 Å². The quantitative estimate of drug-likeness (QED) is 0.852. The third-order valence-electron chi connectivity index (χ3n) is 4.06. The minimum atomic E-state index is -0.787. The van der Waals surface area contributed by atoms with Crippen molar-refractivity contribution in [2.24, 2.45) is 5.73 Å². The van der Waals surface area contributed by atoms with Crippen LogP contribution >= 0.6 is 0 Å². The number of aryl methyl sites for hydroxylation is 1. The largest absolute Gasteiger partial charge is 0.480 e. The molecule has 1 aliphatic rings. The Labute approximate surface area is 124 Å². The van der Waals surface area contributed by atoms with E-state index in [1.165, 1.54) is 0 Å². The molecule has 0 spiro atoms. The van der Waals surface area contributed by atoms with E-state index in [4.69, 9.17) is 10.8 Å². The topological polar surface area (TPSA) is 86.9 Å². The molecule has 1 heterocycles. The third kappa shape index (κ3) is 3.33. The normalized spacial score (nSPS) is 17.5. The van der Waals surface area contributed by atoms with Gasteiger partial charge in [0.15, 0.2) is 0 Å². The van der Waals surface area contributed by atoms with Crippen molar-refractivity contribution in [3.05, 3.63) is 29.3 Å². The average Bonchev–Trinajstić information content (AvgIpc) is 2.46. The lowest BCUT2D eigenvalue weighted by Crippen LogP contribution is -2.51. The number of carboxylic acids is 1. The van der Waals surface area contributed by atoms with E-state index in [0.717, 1.165) is 24.3 Å². The van der Waals surface area contributed by atoms with Crippen LogP contribution in [0.3, 0.4) is 0 Å². The Kier molecular flexibility index (Phi) is 4.47. The van der Waals surface area contributed by atoms with Gasteiger partial charge in [0.1, 0.15) is 6.04 Å². The van der Waals surface area contributed by atoms with Crippen LogP contribution in [0.5, 0.6) is 0 Å². The summed E-state index contributed by atoms with van der Waals surface area (Å²) in [6.45, 7) is 6.55. The van der Waals surface area contributed by atoms with Crippen molar-refractivity contribution in [3.8, 4) is 0 Å². The molecule has 21 heavy (non-hydrogen) atoms. The zero-order chi connectivity index (χ0) is 15.6. The van der Waals surface area contributed by atoms with Crippen LogP contribution in [0, 0.1) is 6.92 Å². The molecule has 6 heteroatoms. The summed E-state index contributed by atoms with van der Waals surface area (Å²) in [6.07, 6.45) is 0. The maximum absolute atomic E-state index is 11.2. The molecule has 1 aliphatic heterocycles. The molecule has 0 bridgehead atoms. The number of nitrogens with two attached hydrogens (primary N) is 1. The van der Waals surface area contributed by atoms with Gasteiger partial charge in [-0.2, -0.15) is 0 Å². The predicted molar refractivity (Wildman–Crippen MR) is 80.6 cm³/mol. The van der Waals surface area contributed by atoms with Crippen LogP contribution in [-0.4, -0.2) is 54.1 Å². The summed E-state index contributed by atoms with van der Waals surface area (Å²) in [6, 6.07) is 5.14. The molecule has 1 unspecified atom stereocenters. The number of carbonyl (C=O) groups excluding carboxylic acids is 1. The van der Waals surface area contributed by atoms with Crippen LogP contribution in [0.25, 0.3) is 0 Å². The highest BCUT2D eigenvalue weighted by atomic mass is 16.4. The van der Waals surface area contributed by atoms with Gasteiger partial charge in [-0.15, -0.1) is 0 Å². The van der Waals surface area contributed by atoms with Crippen LogP contribution in [0.15, 0.2) is 18.2 Å². The molecule has 0 aromatic heterocycles. The first-order valence-electron chi connectivity index (χ1n) is 7.02. The molecular weight excluding hydrogens is 270 g/mol. The number of carboxylic acid groups (broad SMARTS) is 1. The van der Waals surface area contributed by atoms with Gasteiger partial charge in [0.25, 0.3) is 0 Å². The molecule has 0 radical (unpaired) electrons. The van der Waals surface area contributed by atoms with Crippen LogP contribution in [0.1, 0.15) is 22.8 Å². The molecule has 1 aromatic rings. The zero-order valence-electron chi connectivity index (χ0n) is 12.4. The maximum atomic E-state index is 11.2. The van der Waals surface area contributed by atoms with Crippen molar-refractivity contribution >= 4 is 17.6 Å². The molecular formula is C15H21N3O3. The SMILES string of the molecule is Cc1cc(N2CCN(C(C)C(=O)O)CC2)ccc1C(N)=O. The van der Waals surface area contributed by atoms with Gasteiger partial charge >= 0.3 is 5.97 Å². The number of anilines is 1. The summed E-state index contributed by atoms with van der Waals surface area (Å²) in [5.41, 5.74) is 7.75. The molecule has 1 fully saturated rings. The molecule has 6 nitrogen and oxygen atoms in total. The number of piperazine rings is 1. The number of hydrogen-bond donors (Lipinski definition) is 2. The molecule has 114 valence electrons. The van der Waals surface area contributed by atoms with Crippen molar-refractivity contribution in [2.75, 3.05) is 31.1 Å². The lowest BCUT2D eigenvalue weighted by atomic mass is 10.1. The van der Waals surface area contributed by atoms with E-state index in [1.807, 2.05) is 24.0 Å². The smallest absolute Gasteiger partial charge is 0.320 e. The van der Waals surface area contributed by atoms with Crippen molar-refractivity contribution in [1.82, 2.24) is 4.90 Å². The summed E-state index contributed by atoms with van der Waals surface area (Å²) in [7, 11) is 0. The highest BCUT2D eigenvalue weighted by Gasteiger charge is 2.25. The summed E-state index contributed by atoms with van der Waals surface area (Å²) in [4.78, 5) is 26.4. The first-order chi connectivity index (χ1) is 9.90. The Balaban J connectivity index is 2.04. The fraction of sp³-hybridized carbons (Fsp3) is 0.467. The lowest BCUT2D eigenvalue weighted by molar-refractivity contribution is -0.142. The second-order valence-electron chi connectivity index (χ2n) is 5.40. The molecule has 1 aromatic carbocycles.